The number of hydrogen-bond acceptors (Lipinski definition) is 3. The van der Waals surface area contributed by atoms with Crippen molar-refractivity contribution in [1.29, 1.82) is 0 Å². The van der Waals surface area contributed by atoms with Crippen LogP contribution in [0.3, 0.4) is 0 Å². The molecule has 2 aromatic rings. The minimum atomic E-state index is -0.157. The molecular weight excluding hydrogens is 326 g/mol. The highest BCUT2D eigenvalue weighted by Crippen LogP contribution is 2.27. The van der Waals surface area contributed by atoms with E-state index in [1.165, 1.54) is 11.6 Å². The molecule has 1 atom stereocenters. The summed E-state index contributed by atoms with van der Waals surface area (Å²) >= 11 is 5.82. The molecule has 1 unspecified atom stereocenters. The predicted molar refractivity (Wildman–Crippen MR) is 93.2 cm³/mol. The molecule has 126 valence electrons. The van der Waals surface area contributed by atoms with Gasteiger partial charge < -0.3 is 15.1 Å². The lowest BCUT2D eigenvalue weighted by atomic mass is 9.97. The van der Waals surface area contributed by atoms with E-state index in [4.69, 9.17) is 11.6 Å². The van der Waals surface area contributed by atoms with Gasteiger partial charge in [-0.25, -0.2) is 0 Å². The smallest absolute Gasteiger partial charge is 0.257 e. The van der Waals surface area contributed by atoms with E-state index in [0.717, 1.165) is 18.4 Å². The van der Waals surface area contributed by atoms with E-state index in [0.29, 0.717) is 29.6 Å². The van der Waals surface area contributed by atoms with Crippen LogP contribution in [0.1, 0.15) is 27.9 Å². The molecule has 1 aliphatic rings. The lowest BCUT2D eigenvalue weighted by Gasteiger charge is -2.17. The molecule has 3 rings (SSSR count). The number of carbonyl (C=O) groups is 1. The second kappa shape index (κ2) is 7.24. The number of phenolic OH excluding ortho intramolecular Hbond substituents is 1. The van der Waals surface area contributed by atoms with Crippen molar-refractivity contribution in [1.82, 2.24) is 4.90 Å². The maximum atomic E-state index is 12.6. The number of phenols is 1. The maximum absolute atomic E-state index is 12.6. The van der Waals surface area contributed by atoms with Gasteiger partial charge in [0.2, 0.25) is 0 Å². The van der Waals surface area contributed by atoms with Crippen LogP contribution in [0.15, 0.2) is 42.5 Å². The average Bonchev–Trinajstić information content (AvgIpc) is 3.03. The first-order chi connectivity index (χ1) is 11.6. The van der Waals surface area contributed by atoms with E-state index in [1.807, 2.05) is 18.2 Å². The Bertz CT molecular complexity index is 747. The number of rotatable bonds is 4. The summed E-state index contributed by atoms with van der Waals surface area (Å²) in [7, 11) is 0. The molecule has 24 heavy (non-hydrogen) atoms. The Labute approximate surface area is 146 Å². The zero-order chi connectivity index (χ0) is 17.1. The van der Waals surface area contributed by atoms with Gasteiger partial charge in [0.25, 0.3) is 5.91 Å². The fourth-order valence-corrected chi connectivity index (χ4v) is 3.39. The van der Waals surface area contributed by atoms with Crippen LogP contribution in [-0.4, -0.2) is 34.1 Å². The van der Waals surface area contributed by atoms with Crippen molar-refractivity contribution in [3.63, 3.8) is 0 Å². The third kappa shape index (κ3) is 3.71. The molecule has 1 aliphatic heterocycles. The van der Waals surface area contributed by atoms with Crippen molar-refractivity contribution in [3.8, 4) is 5.75 Å². The molecule has 0 aliphatic carbocycles. The maximum Gasteiger partial charge on any atom is 0.257 e. The van der Waals surface area contributed by atoms with E-state index < -0.39 is 0 Å². The topological polar surface area (TPSA) is 60.8 Å². The number of aliphatic hydroxyl groups is 1. The summed E-state index contributed by atoms with van der Waals surface area (Å²) in [6.45, 7) is 1.40. The minimum absolute atomic E-state index is 0.0406. The van der Waals surface area contributed by atoms with Gasteiger partial charge in [-0.15, -0.1) is 0 Å². The normalized spacial score (nSPS) is 17.2. The highest BCUT2D eigenvalue weighted by molar-refractivity contribution is 6.30. The van der Waals surface area contributed by atoms with Crippen molar-refractivity contribution >= 4 is 17.5 Å². The molecule has 5 heteroatoms. The Morgan fingerprint density at radius 1 is 1.21 bits per heavy atom. The first-order valence-corrected chi connectivity index (χ1v) is 8.41. The Hall–Kier alpha value is -2.04. The molecule has 1 heterocycles. The molecule has 0 saturated carbocycles. The Morgan fingerprint density at radius 3 is 2.75 bits per heavy atom. The first kappa shape index (κ1) is 16.8. The van der Waals surface area contributed by atoms with E-state index in [1.54, 1.807) is 17.0 Å². The van der Waals surface area contributed by atoms with Crippen molar-refractivity contribution in [3.05, 3.63) is 64.2 Å². The number of benzene rings is 2. The summed E-state index contributed by atoms with van der Waals surface area (Å²) in [5.41, 5.74) is 2.38. The molecular formula is C19H20ClNO3. The lowest BCUT2D eigenvalue weighted by molar-refractivity contribution is 0.0784. The summed E-state index contributed by atoms with van der Waals surface area (Å²) < 4.78 is 0. The van der Waals surface area contributed by atoms with E-state index in [9.17, 15) is 15.0 Å². The summed E-state index contributed by atoms with van der Waals surface area (Å²) in [5.74, 6) is 0.153. The van der Waals surface area contributed by atoms with Gasteiger partial charge in [0.15, 0.2) is 0 Å². The fraction of sp³-hybridized carbons (Fsp3) is 0.316. The molecule has 0 radical (unpaired) electrons. The van der Waals surface area contributed by atoms with Crippen LogP contribution in [-0.2, 0) is 13.0 Å². The third-order valence-corrected chi connectivity index (χ3v) is 4.70. The summed E-state index contributed by atoms with van der Waals surface area (Å²) in [6, 6.07) is 12.5. The largest absolute Gasteiger partial charge is 0.507 e. The fourth-order valence-electron chi connectivity index (χ4n) is 3.23. The second-order valence-electron chi connectivity index (χ2n) is 6.25. The molecule has 0 bridgehead atoms. The molecule has 1 saturated heterocycles. The van der Waals surface area contributed by atoms with Crippen molar-refractivity contribution < 1.29 is 15.0 Å². The summed E-state index contributed by atoms with van der Waals surface area (Å²) in [6.07, 6.45) is 1.81. The zero-order valence-corrected chi connectivity index (χ0v) is 14.0. The van der Waals surface area contributed by atoms with E-state index >= 15 is 0 Å². The molecule has 4 nitrogen and oxygen atoms in total. The quantitative estimate of drug-likeness (QED) is 0.894. The van der Waals surface area contributed by atoms with Crippen LogP contribution in [0, 0.1) is 5.92 Å². The number of nitrogens with zero attached hydrogens (tertiary/aromatic N) is 1. The Kier molecular flexibility index (Phi) is 5.07. The molecule has 0 aromatic heterocycles. The number of amides is 1. The van der Waals surface area contributed by atoms with Crippen LogP contribution in [0.2, 0.25) is 5.02 Å². The monoisotopic (exact) mass is 345 g/mol. The number of aliphatic hydroxyl groups excluding tert-OH is 1. The minimum Gasteiger partial charge on any atom is -0.507 e. The van der Waals surface area contributed by atoms with Gasteiger partial charge in [-0.2, -0.15) is 0 Å². The van der Waals surface area contributed by atoms with Crippen LogP contribution in [0.5, 0.6) is 5.75 Å². The number of aromatic hydroxyl groups is 1. The van der Waals surface area contributed by atoms with Gasteiger partial charge >= 0.3 is 0 Å². The molecule has 1 fully saturated rings. The Morgan fingerprint density at radius 2 is 2.00 bits per heavy atom. The third-order valence-electron chi connectivity index (χ3n) is 4.46. The number of halogens is 1. The van der Waals surface area contributed by atoms with Crippen molar-refractivity contribution in [2.24, 2.45) is 5.92 Å². The van der Waals surface area contributed by atoms with Gasteiger partial charge in [0, 0.05) is 18.1 Å². The predicted octanol–water partition coefficient (Wildman–Crippen LogP) is 3.24. The van der Waals surface area contributed by atoms with Crippen LogP contribution < -0.4 is 0 Å². The van der Waals surface area contributed by atoms with E-state index in [-0.39, 0.29) is 18.3 Å². The number of hydrogen-bond donors (Lipinski definition) is 2. The Balaban J connectivity index is 1.65. The SMILES string of the molecule is O=C(c1ccc(Cl)cc1O)N1CCC(Cc2cccc(CO)c2)C1. The van der Waals surface area contributed by atoms with Gasteiger partial charge in [-0.1, -0.05) is 35.9 Å². The van der Waals surface area contributed by atoms with Gasteiger partial charge in [-0.05, 0) is 48.1 Å². The molecule has 2 N–H and O–H groups in total. The van der Waals surface area contributed by atoms with Gasteiger partial charge in [-0.3, -0.25) is 4.79 Å². The van der Waals surface area contributed by atoms with Crippen molar-refractivity contribution in [2.75, 3.05) is 13.1 Å². The zero-order valence-electron chi connectivity index (χ0n) is 13.3. The highest BCUT2D eigenvalue weighted by Gasteiger charge is 2.28. The standard InChI is InChI=1S/C19H20ClNO3/c20-16-4-5-17(18(23)10-16)19(24)21-7-6-14(11-21)8-13-2-1-3-15(9-13)12-22/h1-5,9-10,14,22-23H,6-8,11-12H2. The number of carbonyl (C=O) groups excluding carboxylic acids is 1. The van der Waals surface area contributed by atoms with Crippen LogP contribution in [0.25, 0.3) is 0 Å². The van der Waals surface area contributed by atoms with Gasteiger partial charge in [0.05, 0.1) is 12.2 Å². The first-order valence-electron chi connectivity index (χ1n) is 8.03. The molecule has 1 amide bonds. The van der Waals surface area contributed by atoms with Crippen molar-refractivity contribution in [2.45, 2.75) is 19.4 Å². The lowest BCUT2D eigenvalue weighted by Crippen LogP contribution is -2.29. The molecule has 0 spiro atoms. The highest BCUT2D eigenvalue weighted by atomic mass is 35.5. The van der Waals surface area contributed by atoms with Crippen LogP contribution in [0.4, 0.5) is 0 Å². The van der Waals surface area contributed by atoms with E-state index in [2.05, 4.69) is 6.07 Å². The average molecular weight is 346 g/mol. The second-order valence-corrected chi connectivity index (χ2v) is 6.69. The summed E-state index contributed by atoms with van der Waals surface area (Å²) in [5, 5.41) is 19.6. The van der Waals surface area contributed by atoms with Gasteiger partial charge in [0.1, 0.15) is 5.75 Å². The van der Waals surface area contributed by atoms with Crippen LogP contribution >= 0.6 is 11.6 Å². The molecule has 2 aromatic carbocycles. The summed E-state index contributed by atoms with van der Waals surface area (Å²) in [4.78, 5) is 14.3. The number of likely N-dealkylation sites (tertiary alicyclic amines) is 1.